The quantitative estimate of drug-likeness (QED) is 0.584. The van der Waals surface area contributed by atoms with Crippen molar-refractivity contribution >= 4 is 57.3 Å². The summed E-state index contributed by atoms with van der Waals surface area (Å²) in [6, 6.07) is 8.69. The van der Waals surface area contributed by atoms with E-state index < -0.39 is 5.91 Å². The van der Waals surface area contributed by atoms with Crippen LogP contribution in [-0.4, -0.2) is 10.5 Å². The molecule has 26 heavy (non-hydrogen) atoms. The Morgan fingerprint density at radius 1 is 1.15 bits per heavy atom. The molecule has 1 aromatic heterocycles. The Morgan fingerprint density at radius 3 is 2.65 bits per heavy atom. The van der Waals surface area contributed by atoms with Crippen LogP contribution in [0.5, 0.6) is 0 Å². The number of hydrogen-bond donors (Lipinski definition) is 1. The highest BCUT2D eigenvalue weighted by atomic mass is 35.5. The molecule has 2 aromatic carbocycles. The summed E-state index contributed by atoms with van der Waals surface area (Å²) >= 11 is 18.0. The lowest BCUT2D eigenvalue weighted by Gasteiger charge is -2.13. The smallest absolute Gasteiger partial charge is 0.261 e. The molecule has 1 atom stereocenters. The molecule has 1 aliphatic heterocycles. The highest BCUT2D eigenvalue weighted by Crippen LogP contribution is 2.33. The minimum Gasteiger partial charge on any atom is -0.343 e. The Labute approximate surface area is 164 Å². The average Bonchev–Trinajstić information content (AvgIpc) is 2.92. The van der Waals surface area contributed by atoms with E-state index >= 15 is 0 Å². The molecule has 0 saturated heterocycles. The summed E-state index contributed by atoms with van der Waals surface area (Å²) in [6.45, 7) is 2.06. The number of para-hydroxylation sites is 1. The monoisotopic (exact) mass is 406 g/mol. The third kappa shape index (κ3) is 2.69. The van der Waals surface area contributed by atoms with Gasteiger partial charge in [0.25, 0.3) is 5.91 Å². The first-order valence-corrected chi connectivity index (χ1v) is 9.13. The third-order valence-corrected chi connectivity index (χ3v) is 5.66. The molecule has 0 saturated carbocycles. The third-order valence-electron chi connectivity index (χ3n) is 4.63. The highest BCUT2D eigenvalue weighted by Gasteiger charge is 2.24. The Balaban J connectivity index is 1.81. The van der Waals surface area contributed by atoms with Crippen LogP contribution in [0, 0.1) is 0 Å². The van der Waals surface area contributed by atoms with Crippen LogP contribution >= 0.6 is 34.8 Å². The van der Waals surface area contributed by atoms with Gasteiger partial charge < -0.3 is 9.88 Å². The van der Waals surface area contributed by atoms with Crippen LogP contribution in [0.25, 0.3) is 10.9 Å². The summed E-state index contributed by atoms with van der Waals surface area (Å²) in [7, 11) is 0. The average molecular weight is 408 g/mol. The van der Waals surface area contributed by atoms with Crippen molar-refractivity contribution in [2.45, 2.75) is 19.4 Å². The zero-order valence-corrected chi connectivity index (χ0v) is 15.9. The van der Waals surface area contributed by atoms with Crippen molar-refractivity contribution in [1.29, 1.82) is 0 Å². The second-order valence-electron chi connectivity index (χ2n) is 6.35. The predicted octanol–water partition coefficient (Wildman–Crippen LogP) is 5.33. The fourth-order valence-electron chi connectivity index (χ4n) is 3.39. The number of nitrogens with zero attached hydrogens (tertiary/aromatic N) is 1. The molecule has 7 heteroatoms. The first-order valence-electron chi connectivity index (χ1n) is 7.99. The summed E-state index contributed by atoms with van der Waals surface area (Å²) in [6.07, 6.45) is 2.45. The van der Waals surface area contributed by atoms with Crippen molar-refractivity contribution in [3.8, 4) is 0 Å². The van der Waals surface area contributed by atoms with Crippen LogP contribution < -0.4 is 10.7 Å². The second-order valence-corrected chi connectivity index (χ2v) is 7.57. The van der Waals surface area contributed by atoms with E-state index in [1.807, 2.05) is 16.7 Å². The van der Waals surface area contributed by atoms with E-state index in [9.17, 15) is 9.59 Å². The number of benzene rings is 2. The molecule has 0 unspecified atom stereocenters. The van der Waals surface area contributed by atoms with Crippen LogP contribution in [0.3, 0.4) is 0 Å². The fourth-order valence-corrected chi connectivity index (χ4v) is 3.98. The van der Waals surface area contributed by atoms with Gasteiger partial charge in [0.15, 0.2) is 0 Å². The fraction of sp³-hybridized carbons (Fsp3) is 0.158. The molecule has 3 aromatic rings. The van der Waals surface area contributed by atoms with Gasteiger partial charge in [-0.3, -0.25) is 9.59 Å². The molecule has 0 aliphatic carbocycles. The predicted molar refractivity (Wildman–Crippen MR) is 106 cm³/mol. The molecule has 0 radical (unpaired) electrons. The molecule has 0 spiro atoms. The number of amides is 1. The summed E-state index contributed by atoms with van der Waals surface area (Å²) in [5, 5.41) is 3.99. The molecule has 132 valence electrons. The summed E-state index contributed by atoms with van der Waals surface area (Å²) < 4.78 is 1.98. The maximum atomic E-state index is 12.9. The lowest BCUT2D eigenvalue weighted by Crippen LogP contribution is -2.24. The van der Waals surface area contributed by atoms with Gasteiger partial charge in [-0.2, -0.15) is 0 Å². The normalized spacial score (nSPS) is 15.5. The molecule has 0 bridgehead atoms. The first-order chi connectivity index (χ1) is 12.4. The van der Waals surface area contributed by atoms with E-state index in [-0.39, 0.29) is 32.1 Å². The van der Waals surface area contributed by atoms with Gasteiger partial charge in [0.2, 0.25) is 5.43 Å². The van der Waals surface area contributed by atoms with E-state index in [1.165, 1.54) is 12.1 Å². The molecule has 2 heterocycles. The van der Waals surface area contributed by atoms with Crippen molar-refractivity contribution in [3.05, 3.63) is 72.9 Å². The van der Waals surface area contributed by atoms with Crippen molar-refractivity contribution < 1.29 is 4.79 Å². The maximum Gasteiger partial charge on any atom is 0.261 e. The van der Waals surface area contributed by atoms with Gasteiger partial charge >= 0.3 is 0 Å². The number of carbonyl (C=O) groups excluding carboxylic acids is 1. The van der Waals surface area contributed by atoms with E-state index in [2.05, 4.69) is 12.2 Å². The number of hydrogen-bond acceptors (Lipinski definition) is 2. The van der Waals surface area contributed by atoms with Crippen LogP contribution in [0.15, 0.2) is 41.3 Å². The molecule has 4 rings (SSSR count). The lowest BCUT2D eigenvalue weighted by atomic mass is 10.1. The Morgan fingerprint density at radius 2 is 1.88 bits per heavy atom. The van der Waals surface area contributed by atoms with E-state index in [0.717, 1.165) is 17.5 Å². The summed E-state index contributed by atoms with van der Waals surface area (Å²) in [4.78, 5) is 25.6. The number of carbonyl (C=O) groups is 1. The van der Waals surface area contributed by atoms with Crippen molar-refractivity contribution in [3.63, 3.8) is 0 Å². The topological polar surface area (TPSA) is 51.1 Å². The van der Waals surface area contributed by atoms with Gasteiger partial charge in [-0.15, -0.1) is 0 Å². The molecular weight excluding hydrogens is 395 g/mol. The van der Waals surface area contributed by atoms with Crippen LogP contribution in [0.4, 0.5) is 5.69 Å². The van der Waals surface area contributed by atoms with Crippen LogP contribution in [-0.2, 0) is 6.42 Å². The Kier molecular flexibility index (Phi) is 4.22. The van der Waals surface area contributed by atoms with Gasteiger partial charge in [-0.25, -0.2) is 0 Å². The van der Waals surface area contributed by atoms with Crippen molar-refractivity contribution in [1.82, 2.24) is 4.57 Å². The largest absolute Gasteiger partial charge is 0.343 e. The number of anilines is 1. The molecular formula is C19H13Cl3N2O2. The van der Waals surface area contributed by atoms with Gasteiger partial charge in [0.05, 0.1) is 26.3 Å². The standard InChI is InChI=1S/C19H13Cl3N2O2/c1-9-5-10-3-2-4-11-17(10)24(9)8-12(18(11)25)19(26)23-16-7-14(21)13(20)6-15(16)22/h2-4,6-9H,5H2,1H3,(H,23,26)/t9-/m0/s1. The second kappa shape index (κ2) is 6.31. The van der Waals surface area contributed by atoms with Gasteiger partial charge in [-0.1, -0.05) is 46.9 Å². The van der Waals surface area contributed by atoms with E-state index in [1.54, 1.807) is 12.3 Å². The summed E-state index contributed by atoms with van der Waals surface area (Å²) in [5.41, 5.74) is 2.07. The molecule has 1 amide bonds. The number of pyridine rings is 1. The first kappa shape index (κ1) is 17.4. The van der Waals surface area contributed by atoms with E-state index in [0.29, 0.717) is 11.1 Å². The minimum absolute atomic E-state index is 0.0607. The number of nitrogens with one attached hydrogen (secondary N) is 1. The number of rotatable bonds is 2. The maximum absolute atomic E-state index is 12.9. The molecule has 4 nitrogen and oxygen atoms in total. The van der Waals surface area contributed by atoms with Gasteiger partial charge in [-0.05, 0) is 37.1 Å². The molecule has 0 fully saturated rings. The van der Waals surface area contributed by atoms with Crippen molar-refractivity contribution in [2.24, 2.45) is 0 Å². The lowest BCUT2D eigenvalue weighted by molar-refractivity contribution is 0.102. The van der Waals surface area contributed by atoms with Gasteiger partial charge in [0, 0.05) is 17.6 Å². The zero-order valence-electron chi connectivity index (χ0n) is 13.6. The number of halogens is 3. The summed E-state index contributed by atoms with van der Waals surface area (Å²) in [5.74, 6) is -0.537. The minimum atomic E-state index is -0.537. The molecule has 1 N–H and O–H groups in total. The van der Waals surface area contributed by atoms with Crippen LogP contribution in [0.2, 0.25) is 15.1 Å². The highest BCUT2D eigenvalue weighted by molar-refractivity contribution is 6.44. The van der Waals surface area contributed by atoms with E-state index in [4.69, 9.17) is 34.8 Å². The van der Waals surface area contributed by atoms with Crippen LogP contribution in [0.1, 0.15) is 28.9 Å². The Hall–Kier alpha value is -2.01. The zero-order chi connectivity index (χ0) is 18.6. The Bertz CT molecular complexity index is 1140. The molecule has 1 aliphatic rings. The number of aromatic nitrogens is 1. The SMILES string of the molecule is C[C@H]1Cc2cccc3c(=O)c(C(=O)Nc4cc(Cl)c(Cl)cc4Cl)cn1c23. The van der Waals surface area contributed by atoms with Crippen molar-refractivity contribution in [2.75, 3.05) is 5.32 Å². The van der Waals surface area contributed by atoms with Gasteiger partial charge in [0.1, 0.15) is 5.56 Å².